The van der Waals surface area contributed by atoms with Gasteiger partial charge >= 0.3 is 0 Å². The average Bonchev–Trinajstić information content (AvgIpc) is 2.47. The summed E-state index contributed by atoms with van der Waals surface area (Å²) >= 11 is 5.98. The molecular formula is C16H22ClN5. The van der Waals surface area contributed by atoms with Crippen LogP contribution in [0.15, 0.2) is 36.7 Å². The quantitative estimate of drug-likeness (QED) is 0.783. The van der Waals surface area contributed by atoms with Crippen LogP contribution in [0.25, 0.3) is 0 Å². The molecule has 1 heterocycles. The molecule has 0 saturated carbocycles. The van der Waals surface area contributed by atoms with Crippen LogP contribution in [0.3, 0.4) is 0 Å². The van der Waals surface area contributed by atoms with Gasteiger partial charge in [0, 0.05) is 30.7 Å². The van der Waals surface area contributed by atoms with E-state index >= 15 is 0 Å². The Morgan fingerprint density at radius 1 is 1.05 bits per heavy atom. The first-order valence-corrected chi connectivity index (χ1v) is 7.70. The van der Waals surface area contributed by atoms with Crippen LogP contribution in [0.1, 0.15) is 5.56 Å². The molecule has 1 aromatic heterocycles. The fourth-order valence-electron chi connectivity index (χ4n) is 1.99. The zero-order chi connectivity index (χ0) is 15.8. The summed E-state index contributed by atoms with van der Waals surface area (Å²) in [6, 6.07) is 9.83. The van der Waals surface area contributed by atoms with Gasteiger partial charge in [-0.15, -0.1) is 0 Å². The summed E-state index contributed by atoms with van der Waals surface area (Å²) in [5.41, 5.74) is 1.21. The van der Waals surface area contributed by atoms with Gasteiger partial charge < -0.3 is 15.5 Å². The Bertz CT molecular complexity index is 588. The number of aromatic nitrogens is 2. The van der Waals surface area contributed by atoms with Crippen molar-refractivity contribution in [1.29, 1.82) is 0 Å². The molecule has 0 fully saturated rings. The smallest absolute Gasteiger partial charge is 0.131 e. The molecule has 2 aromatic rings. The Hall–Kier alpha value is -1.85. The van der Waals surface area contributed by atoms with Crippen molar-refractivity contribution >= 4 is 23.2 Å². The van der Waals surface area contributed by atoms with E-state index in [0.717, 1.165) is 42.7 Å². The number of nitrogens with zero attached hydrogens (tertiary/aromatic N) is 3. The van der Waals surface area contributed by atoms with E-state index in [1.807, 2.05) is 38.4 Å². The first-order valence-electron chi connectivity index (χ1n) is 7.32. The molecule has 0 aliphatic rings. The zero-order valence-corrected chi connectivity index (χ0v) is 13.8. The van der Waals surface area contributed by atoms with E-state index in [4.69, 9.17) is 11.6 Å². The van der Waals surface area contributed by atoms with Gasteiger partial charge in [-0.2, -0.15) is 0 Å². The maximum atomic E-state index is 5.98. The Kier molecular flexibility index (Phi) is 6.43. The lowest BCUT2D eigenvalue weighted by molar-refractivity contribution is 0.425. The number of rotatable bonds is 8. The second-order valence-corrected chi connectivity index (χ2v) is 5.76. The fourth-order valence-corrected chi connectivity index (χ4v) is 2.20. The molecule has 0 amide bonds. The minimum Gasteiger partial charge on any atom is -0.370 e. The predicted octanol–water partition coefficient (Wildman–Crippen LogP) is 2.76. The van der Waals surface area contributed by atoms with E-state index in [2.05, 4.69) is 31.6 Å². The molecule has 118 valence electrons. The van der Waals surface area contributed by atoms with E-state index in [-0.39, 0.29) is 0 Å². The van der Waals surface area contributed by atoms with Crippen molar-refractivity contribution in [2.45, 2.75) is 6.42 Å². The molecular weight excluding hydrogens is 298 g/mol. The van der Waals surface area contributed by atoms with Gasteiger partial charge in [0.1, 0.15) is 18.0 Å². The average molecular weight is 320 g/mol. The van der Waals surface area contributed by atoms with Crippen LogP contribution in [-0.4, -0.2) is 48.6 Å². The highest BCUT2D eigenvalue weighted by atomic mass is 35.5. The third kappa shape index (κ3) is 5.87. The summed E-state index contributed by atoms with van der Waals surface area (Å²) in [7, 11) is 4.09. The van der Waals surface area contributed by atoms with Crippen molar-refractivity contribution in [3.8, 4) is 0 Å². The number of likely N-dealkylation sites (N-methyl/N-ethyl adjacent to an activating group) is 1. The lowest BCUT2D eigenvalue weighted by Crippen LogP contribution is -2.21. The van der Waals surface area contributed by atoms with E-state index < -0.39 is 0 Å². The number of hydrogen-bond donors (Lipinski definition) is 2. The molecule has 1 aromatic carbocycles. The minimum absolute atomic E-state index is 0.770. The van der Waals surface area contributed by atoms with Gasteiger partial charge in [-0.1, -0.05) is 23.7 Å². The Balaban J connectivity index is 1.80. The van der Waals surface area contributed by atoms with Gasteiger partial charge in [-0.05, 0) is 38.2 Å². The second kappa shape index (κ2) is 8.56. The summed E-state index contributed by atoms with van der Waals surface area (Å²) in [6.45, 7) is 2.61. The zero-order valence-electron chi connectivity index (χ0n) is 13.0. The first-order chi connectivity index (χ1) is 10.6. The van der Waals surface area contributed by atoms with Gasteiger partial charge in [0.05, 0.1) is 0 Å². The molecule has 0 aliphatic heterocycles. The van der Waals surface area contributed by atoms with E-state index in [1.54, 1.807) is 6.33 Å². The number of nitrogens with one attached hydrogen (secondary N) is 2. The van der Waals surface area contributed by atoms with E-state index in [0.29, 0.717) is 0 Å². The van der Waals surface area contributed by atoms with Crippen molar-refractivity contribution in [1.82, 2.24) is 14.9 Å². The van der Waals surface area contributed by atoms with E-state index in [1.165, 1.54) is 5.56 Å². The Morgan fingerprint density at radius 3 is 2.45 bits per heavy atom. The molecule has 0 unspecified atom stereocenters. The highest BCUT2D eigenvalue weighted by Crippen LogP contribution is 2.12. The molecule has 0 radical (unpaired) electrons. The second-order valence-electron chi connectivity index (χ2n) is 5.33. The van der Waals surface area contributed by atoms with Crippen LogP contribution in [0, 0.1) is 0 Å². The van der Waals surface area contributed by atoms with Gasteiger partial charge in [0.15, 0.2) is 0 Å². The summed E-state index contributed by atoms with van der Waals surface area (Å²) in [5.74, 6) is 1.66. The van der Waals surface area contributed by atoms with Crippen molar-refractivity contribution in [3.05, 3.63) is 47.2 Å². The van der Waals surface area contributed by atoms with Crippen molar-refractivity contribution < 1.29 is 0 Å². The van der Waals surface area contributed by atoms with Crippen LogP contribution < -0.4 is 10.6 Å². The predicted molar refractivity (Wildman–Crippen MR) is 92.7 cm³/mol. The van der Waals surface area contributed by atoms with Crippen LogP contribution in [0.4, 0.5) is 11.6 Å². The van der Waals surface area contributed by atoms with Crippen LogP contribution in [-0.2, 0) is 6.42 Å². The van der Waals surface area contributed by atoms with Crippen molar-refractivity contribution in [2.75, 3.05) is 44.4 Å². The largest absolute Gasteiger partial charge is 0.370 e. The third-order valence-electron chi connectivity index (χ3n) is 3.14. The standard InChI is InChI=1S/C16H22ClN5/c1-22(2)9-8-19-16-11-15(20-12-21-16)18-7-6-13-4-3-5-14(17)10-13/h3-5,10-12H,6-9H2,1-2H3,(H2,18,19,20,21). The van der Waals surface area contributed by atoms with Gasteiger partial charge in [0.25, 0.3) is 0 Å². The Labute approximate surface area is 136 Å². The first kappa shape index (κ1) is 16.5. The van der Waals surface area contributed by atoms with Crippen LogP contribution >= 0.6 is 11.6 Å². The molecule has 22 heavy (non-hydrogen) atoms. The molecule has 5 nitrogen and oxygen atoms in total. The van der Waals surface area contributed by atoms with Gasteiger partial charge in [-0.3, -0.25) is 0 Å². The normalized spacial score (nSPS) is 10.7. The number of benzene rings is 1. The summed E-state index contributed by atoms with van der Waals surface area (Å²) in [4.78, 5) is 10.6. The maximum absolute atomic E-state index is 5.98. The summed E-state index contributed by atoms with van der Waals surface area (Å²) < 4.78 is 0. The SMILES string of the molecule is CN(C)CCNc1cc(NCCc2cccc(Cl)c2)ncn1. The van der Waals surface area contributed by atoms with E-state index in [9.17, 15) is 0 Å². The summed E-state index contributed by atoms with van der Waals surface area (Å²) in [5, 5.41) is 7.36. The van der Waals surface area contributed by atoms with Crippen LogP contribution in [0.2, 0.25) is 5.02 Å². The molecule has 2 rings (SSSR count). The Morgan fingerprint density at radius 2 is 1.77 bits per heavy atom. The van der Waals surface area contributed by atoms with Gasteiger partial charge in [0.2, 0.25) is 0 Å². The van der Waals surface area contributed by atoms with Crippen molar-refractivity contribution in [3.63, 3.8) is 0 Å². The lowest BCUT2D eigenvalue weighted by Gasteiger charge is -2.11. The van der Waals surface area contributed by atoms with Gasteiger partial charge in [-0.25, -0.2) is 9.97 Å². The molecule has 6 heteroatoms. The van der Waals surface area contributed by atoms with Crippen LogP contribution in [0.5, 0.6) is 0 Å². The molecule has 0 atom stereocenters. The molecule has 2 N–H and O–H groups in total. The number of hydrogen-bond acceptors (Lipinski definition) is 5. The lowest BCUT2D eigenvalue weighted by atomic mass is 10.1. The number of anilines is 2. The highest BCUT2D eigenvalue weighted by Gasteiger charge is 1.99. The summed E-state index contributed by atoms with van der Waals surface area (Å²) in [6.07, 6.45) is 2.47. The fraction of sp³-hybridized carbons (Fsp3) is 0.375. The molecule has 0 bridgehead atoms. The minimum atomic E-state index is 0.770. The topological polar surface area (TPSA) is 53.1 Å². The highest BCUT2D eigenvalue weighted by molar-refractivity contribution is 6.30. The third-order valence-corrected chi connectivity index (χ3v) is 3.38. The monoisotopic (exact) mass is 319 g/mol. The van der Waals surface area contributed by atoms with Crippen molar-refractivity contribution in [2.24, 2.45) is 0 Å². The maximum Gasteiger partial charge on any atom is 0.131 e. The molecule has 0 spiro atoms. The molecule has 0 aliphatic carbocycles. The number of halogens is 1. The molecule has 0 saturated heterocycles.